The van der Waals surface area contributed by atoms with E-state index in [1.54, 1.807) is 0 Å². The van der Waals surface area contributed by atoms with Gasteiger partial charge < -0.3 is 10.4 Å². The van der Waals surface area contributed by atoms with Crippen molar-refractivity contribution < 1.29 is 5.11 Å². The lowest BCUT2D eigenvalue weighted by atomic mass is 10.1. The van der Waals surface area contributed by atoms with Crippen LogP contribution in [0, 0.1) is 12.3 Å². The van der Waals surface area contributed by atoms with Gasteiger partial charge >= 0.3 is 0 Å². The van der Waals surface area contributed by atoms with Gasteiger partial charge in [0.25, 0.3) is 5.56 Å². The molecule has 0 spiro atoms. The van der Waals surface area contributed by atoms with E-state index in [-0.39, 0.29) is 28.9 Å². The summed E-state index contributed by atoms with van der Waals surface area (Å²) in [6.07, 6.45) is 10.8. The number of aliphatic hydroxyl groups excluding tert-OH is 1. The zero-order chi connectivity index (χ0) is 14.5. The zero-order valence-corrected chi connectivity index (χ0v) is 11.9. The summed E-state index contributed by atoms with van der Waals surface area (Å²) in [5.74, 6) is 2.37. The van der Waals surface area contributed by atoms with Gasteiger partial charge in [0, 0.05) is 0 Å². The predicted octanol–water partition coefficient (Wildman–Crippen LogP) is 1.64. The lowest BCUT2D eigenvalue weighted by Crippen LogP contribution is -2.36. The molecule has 0 radical (unpaired) electrons. The van der Waals surface area contributed by atoms with E-state index < -0.39 is 6.10 Å². The molecule has 5 nitrogen and oxygen atoms in total. The first kappa shape index (κ1) is 14.9. The van der Waals surface area contributed by atoms with E-state index in [0.717, 1.165) is 32.1 Å². The summed E-state index contributed by atoms with van der Waals surface area (Å²) in [7, 11) is 0. The van der Waals surface area contributed by atoms with Crippen LogP contribution in [0.1, 0.15) is 32.1 Å². The van der Waals surface area contributed by atoms with Crippen molar-refractivity contribution >= 4 is 17.3 Å². The van der Waals surface area contributed by atoms with Gasteiger partial charge in [0.1, 0.15) is 12.2 Å². The molecule has 2 atom stereocenters. The molecule has 0 aliphatic heterocycles. The third kappa shape index (κ3) is 3.33. The Morgan fingerprint density at radius 3 is 3.00 bits per heavy atom. The fraction of sp³-hybridized carbons (Fsp3) is 0.571. The summed E-state index contributed by atoms with van der Waals surface area (Å²) in [6.45, 7) is 0.0951. The Morgan fingerprint density at radius 2 is 2.25 bits per heavy atom. The van der Waals surface area contributed by atoms with Gasteiger partial charge in [-0.3, -0.25) is 4.79 Å². The van der Waals surface area contributed by atoms with E-state index in [1.807, 2.05) is 0 Å². The highest BCUT2D eigenvalue weighted by atomic mass is 35.5. The molecule has 1 aromatic rings. The molecule has 2 N–H and O–H groups in total. The van der Waals surface area contributed by atoms with Crippen LogP contribution in [0.5, 0.6) is 0 Å². The maximum atomic E-state index is 12.2. The van der Waals surface area contributed by atoms with Gasteiger partial charge in [-0.05, 0) is 12.8 Å². The number of rotatable bonds is 3. The largest absolute Gasteiger partial charge is 0.391 e. The van der Waals surface area contributed by atoms with Crippen LogP contribution in [-0.4, -0.2) is 27.0 Å². The molecular formula is C14H18ClN3O2. The molecule has 1 aromatic heterocycles. The van der Waals surface area contributed by atoms with Crippen molar-refractivity contribution in [1.82, 2.24) is 9.78 Å². The van der Waals surface area contributed by atoms with E-state index >= 15 is 0 Å². The zero-order valence-electron chi connectivity index (χ0n) is 11.2. The Kier molecular flexibility index (Phi) is 5.05. The van der Waals surface area contributed by atoms with Gasteiger partial charge in [-0.25, -0.2) is 4.68 Å². The molecule has 1 aliphatic rings. The van der Waals surface area contributed by atoms with Crippen LogP contribution < -0.4 is 10.9 Å². The maximum absolute atomic E-state index is 12.2. The molecule has 2 unspecified atom stereocenters. The summed E-state index contributed by atoms with van der Waals surface area (Å²) in [6, 6.07) is -0.163. The Labute approximate surface area is 123 Å². The predicted molar refractivity (Wildman–Crippen MR) is 78.8 cm³/mol. The monoisotopic (exact) mass is 295 g/mol. The van der Waals surface area contributed by atoms with Gasteiger partial charge in [-0.1, -0.05) is 36.8 Å². The highest BCUT2D eigenvalue weighted by molar-refractivity contribution is 6.33. The average Bonchev–Trinajstić information content (AvgIpc) is 2.63. The van der Waals surface area contributed by atoms with Crippen LogP contribution in [0.3, 0.4) is 0 Å². The fourth-order valence-corrected chi connectivity index (χ4v) is 2.62. The van der Waals surface area contributed by atoms with Gasteiger partial charge in [-0.15, -0.1) is 6.42 Å². The molecule has 108 valence electrons. The molecular weight excluding hydrogens is 278 g/mol. The van der Waals surface area contributed by atoms with Crippen LogP contribution in [0.25, 0.3) is 0 Å². The van der Waals surface area contributed by atoms with Crippen molar-refractivity contribution in [2.24, 2.45) is 0 Å². The summed E-state index contributed by atoms with van der Waals surface area (Å²) in [4.78, 5) is 12.2. The highest BCUT2D eigenvalue weighted by Gasteiger charge is 2.23. The number of aliphatic hydroxyl groups is 1. The maximum Gasteiger partial charge on any atom is 0.292 e. The Morgan fingerprint density at radius 1 is 1.50 bits per heavy atom. The van der Waals surface area contributed by atoms with Crippen LogP contribution >= 0.6 is 11.6 Å². The molecule has 1 aliphatic carbocycles. The third-order valence-electron chi connectivity index (χ3n) is 3.55. The van der Waals surface area contributed by atoms with E-state index in [0.29, 0.717) is 0 Å². The van der Waals surface area contributed by atoms with E-state index in [4.69, 9.17) is 18.0 Å². The number of aromatic nitrogens is 2. The second-order valence-electron chi connectivity index (χ2n) is 4.99. The smallest absolute Gasteiger partial charge is 0.292 e. The summed E-state index contributed by atoms with van der Waals surface area (Å²) in [5.41, 5.74) is -0.0882. The third-order valence-corrected chi connectivity index (χ3v) is 3.83. The van der Waals surface area contributed by atoms with Crippen molar-refractivity contribution in [2.45, 2.75) is 50.8 Å². The first-order chi connectivity index (χ1) is 9.63. The summed E-state index contributed by atoms with van der Waals surface area (Å²) >= 11 is 6.04. The minimum atomic E-state index is -0.470. The topological polar surface area (TPSA) is 67.2 Å². The molecule has 1 fully saturated rings. The van der Waals surface area contributed by atoms with E-state index in [9.17, 15) is 9.90 Å². The first-order valence-corrected chi connectivity index (χ1v) is 7.15. The van der Waals surface area contributed by atoms with E-state index in [1.165, 1.54) is 10.9 Å². The van der Waals surface area contributed by atoms with Crippen LogP contribution in [0.15, 0.2) is 11.0 Å². The van der Waals surface area contributed by atoms with Gasteiger partial charge in [-0.2, -0.15) is 5.10 Å². The summed E-state index contributed by atoms with van der Waals surface area (Å²) in [5, 5.41) is 17.3. The molecule has 6 heteroatoms. The SMILES string of the molecule is C#CCn1ncc(Cl)c(NC2CCCCCC2O)c1=O. The van der Waals surface area contributed by atoms with Crippen molar-refractivity contribution in [3.05, 3.63) is 21.6 Å². The minimum absolute atomic E-state index is 0.0951. The van der Waals surface area contributed by atoms with Gasteiger partial charge in [0.2, 0.25) is 0 Å². The minimum Gasteiger partial charge on any atom is -0.391 e. The summed E-state index contributed by atoms with van der Waals surface area (Å²) < 4.78 is 1.18. The molecule has 20 heavy (non-hydrogen) atoms. The van der Waals surface area contributed by atoms with Crippen molar-refractivity contribution in [3.8, 4) is 12.3 Å². The van der Waals surface area contributed by atoms with Crippen molar-refractivity contribution in [1.29, 1.82) is 0 Å². The second-order valence-corrected chi connectivity index (χ2v) is 5.40. The molecule has 0 saturated heterocycles. The Bertz CT molecular complexity index is 565. The number of nitrogens with one attached hydrogen (secondary N) is 1. The number of nitrogens with zero attached hydrogens (tertiary/aromatic N) is 2. The van der Waals surface area contributed by atoms with Crippen LogP contribution in [0.4, 0.5) is 5.69 Å². The molecule has 0 amide bonds. The standard InChI is InChI=1S/C14H18ClN3O2/c1-2-8-18-14(20)13(10(15)9-16-18)17-11-6-4-3-5-7-12(11)19/h1,9,11-12,17,19H,3-8H2. The van der Waals surface area contributed by atoms with Crippen molar-refractivity contribution in [3.63, 3.8) is 0 Å². The molecule has 0 aromatic carbocycles. The first-order valence-electron chi connectivity index (χ1n) is 6.77. The quantitative estimate of drug-likeness (QED) is 0.657. The Hall–Kier alpha value is -1.51. The number of hydrogen-bond acceptors (Lipinski definition) is 4. The Balaban J connectivity index is 2.26. The highest BCUT2D eigenvalue weighted by Crippen LogP contribution is 2.23. The molecule has 0 bridgehead atoms. The number of halogens is 1. The average molecular weight is 296 g/mol. The number of hydrogen-bond donors (Lipinski definition) is 2. The van der Waals surface area contributed by atoms with Gasteiger partial charge in [0.05, 0.1) is 23.4 Å². The molecule has 2 rings (SSSR count). The second kappa shape index (κ2) is 6.78. The number of terminal acetylenes is 1. The van der Waals surface area contributed by atoms with Gasteiger partial charge in [0.15, 0.2) is 0 Å². The molecule has 1 heterocycles. The van der Waals surface area contributed by atoms with Crippen molar-refractivity contribution in [2.75, 3.05) is 5.32 Å². The lowest BCUT2D eigenvalue weighted by molar-refractivity contribution is 0.144. The fourth-order valence-electron chi connectivity index (χ4n) is 2.44. The van der Waals surface area contributed by atoms with Crippen LogP contribution in [-0.2, 0) is 6.54 Å². The molecule has 1 saturated carbocycles. The lowest BCUT2D eigenvalue weighted by Gasteiger charge is -2.23. The normalized spacial score (nSPS) is 22.9. The van der Waals surface area contributed by atoms with Crippen LogP contribution in [0.2, 0.25) is 5.02 Å². The van der Waals surface area contributed by atoms with E-state index in [2.05, 4.69) is 16.3 Å². The number of anilines is 1.